The highest BCUT2D eigenvalue weighted by Gasteiger charge is 2.50. The van der Waals surface area contributed by atoms with Crippen LogP contribution in [0, 0.1) is 23.2 Å². The Hall–Kier alpha value is -5.71. The third kappa shape index (κ3) is 7.15. The largest absolute Gasteiger partial charge is 0.478 e. The number of anilines is 2. The molecule has 0 radical (unpaired) electrons. The highest BCUT2D eigenvalue weighted by atomic mass is 16.4. The maximum atomic E-state index is 14.2. The van der Waals surface area contributed by atoms with Crippen LogP contribution in [0.5, 0.6) is 0 Å². The Kier molecular flexibility index (Phi) is 8.97. The summed E-state index contributed by atoms with van der Waals surface area (Å²) in [5.74, 6) is -2.36. The third-order valence-corrected chi connectivity index (χ3v) is 10.9. The molecule has 11 nitrogen and oxygen atoms in total. The summed E-state index contributed by atoms with van der Waals surface area (Å²) in [6.45, 7) is 0.540. The molecule has 0 saturated heterocycles. The molecular formula is C40H40N4O7. The molecule has 4 aliphatic rings. The fourth-order valence-electron chi connectivity index (χ4n) is 9.07. The predicted octanol–water partition coefficient (Wildman–Crippen LogP) is 5.74. The van der Waals surface area contributed by atoms with E-state index in [2.05, 4.69) is 16.0 Å². The monoisotopic (exact) mass is 688 g/mol. The van der Waals surface area contributed by atoms with Crippen molar-refractivity contribution >= 4 is 51.8 Å². The van der Waals surface area contributed by atoms with Gasteiger partial charge in [0.25, 0.3) is 11.8 Å². The number of hydrogen-bond donors (Lipinski definition) is 6. The number of benzene rings is 4. The van der Waals surface area contributed by atoms with Gasteiger partial charge in [-0.1, -0.05) is 42.5 Å². The van der Waals surface area contributed by atoms with Crippen molar-refractivity contribution in [2.75, 3.05) is 17.6 Å². The van der Waals surface area contributed by atoms with Gasteiger partial charge in [0.2, 0.25) is 5.91 Å². The van der Waals surface area contributed by atoms with E-state index in [4.69, 9.17) is 5.73 Å². The number of rotatable bonds is 11. The van der Waals surface area contributed by atoms with Gasteiger partial charge in [-0.3, -0.25) is 14.4 Å². The van der Waals surface area contributed by atoms with E-state index >= 15 is 0 Å². The molecule has 0 spiro atoms. The average Bonchev–Trinajstić information content (AvgIpc) is 3.09. The molecule has 4 aliphatic carbocycles. The van der Waals surface area contributed by atoms with Crippen molar-refractivity contribution < 1.29 is 34.2 Å². The summed E-state index contributed by atoms with van der Waals surface area (Å²) in [5.41, 5.74) is 7.02. The summed E-state index contributed by atoms with van der Waals surface area (Å²) >= 11 is 0. The SMILES string of the molecule is Nc1cccc2cc(C(=O)NCC34CC5CC(CC(C5)C3)C4)c(C(=O)N[C@@H](Cc3ccccc3)C(=O)Nc3cc(C(=O)O)cc(C(=O)O)c3)cc12. The fraction of sp³-hybridized carbons (Fsp3) is 0.325. The summed E-state index contributed by atoms with van der Waals surface area (Å²) in [7, 11) is 0. The van der Waals surface area contributed by atoms with E-state index in [1.807, 2.05) is 12.1 Å². The van der Waals surface area contributed by atoms with Crippen LogP contribution in [0.25, 0.3) is 10.8 Å². The van der Waals surface area contributed by atoms with Gasteiger partial charge in [-0.25, -0.2) is 9.59 Å². The molecule has 3 amide bonds. The normalized spacial score (nSPS) is 22.2. The van der Waals surface area contributed by atoms with E-state index in [1.165, 1.54) is 19.3 Å². The van der Waals surface area contributed by atoms with Crippen molar-refractivity contribution in [3.8, 4) is 0 Å². The van der Waals surface area contributed by atoms with Gasteiger partial charge in [0.05, 0.1) is 22.3 Å². The zero-order valence-electron chi connectivity index (χ0n) is 28.0. The van der Waals surface area contributed by atoms with Crippen LogP contribution in [0.15, 0.2) is 78.9 Å². The number of carbonyl (C=O) groups excluding carboxylic acids is 3. The molecule has 51 heavy (non-hydrogen) atoms. The first kappa shape index (κ1) is 33.8. The van der Waals surface area contributed by atoms with Crippen LogP contribution in [-0.4, -0.2) is 52.5 Å². The van der Waals surface area contributed by atoms with E-state index in [0.717, 1.165) is 43.0 Å². The van der Waals surface area contributed by atoms with Gasteiger partial charge in [0.15, 0.2) is 0 Å². The van der Waals surface area contributed by atoms with E-state index < -0.39 is 29.8 Å². The van der Waals surface area contributed by atoms with Crippen LogP contribution in [0.1, 0.15) is 85.5 Å². The van der Waals surface area contributed by atoms with Crippen molar-refractivity contribution in [1.29, 1.82) is 0 Å². The Labute approximate surface area is 294 Å². The van der Waals surface area contributed by atoms with Gasteiger partial charge < -0.3 is 31.9 Å². The van der Waals surface area contributed by atoms with Crippen molar-refractivity contribution in [1.82, 2.24) is 10.6 Å². The molecule has 7 N–H and O–H groups in total. The van der Waals surface area contributed by atoms with Gasteiger partial charge >= 0.3 is 11.9 Å². The maximum absolute atomic E-state index is 14.2. The lowest BCUT2D eigenvalue weighted by Gasteiger charge is -2.56. The molecule has 0 aromatic heterocycles. The number of carbonyl (C=O) groups is 5. The van der Waals surface area contributed by atoms with Gasteiger partial charge in [-0.15, -0.1) is 0 Å². The standard InChI is InChI=1S/C40H40N4O7/c41-33-8-4-7-26-16-31(35(45)42-21-40-18-23-9-24(19-40)11-25(10-23)20-40)32(17-30(26)33)36(46)44-34(12-22-5-2-1-3-6-22)37(47)43-29-14-27(38(48)49)13-28(15-29)39(50)51/h1-8,13-17,23-25,34H,9-12,18-21,41H2,(H,42,45)(H,43,47)(H,44,46)(H,48,49)(H,50,51)/t23?,24?,25?,34-,40?/m0/s1. The Morgan fingerprint density at radius 1 is 0.745 bits per heavy atom. The molecule has 0 unspecified atom stereocenters. The predicted molar refractivity (Wildman–Crippen MR) is 192 cm³/mol. The smallest absolute Gasteiger partial charge is 0.335 e. The number of hydrogen-bond acceptors (Lipinski definition) is 6. The second kappa shape index (κ2) is 13.5. The van der Waals surface area contributed by atoms with Crippen molar-refractivity contribution in [2.45, 2.75) is 51.0 Å². The summed E-state index contributed by atoms with van der Waals surface area (Å²) in [4.78, 5) is 65.5. The number of fused-ring (bicyclic) bond motifs is 1. The summed E-state index contributed by atoms with van der Waals surface area (Å²) < 4.78 is 0. The van der Waals surface area contributed by atoms with Crippen LogP contribution in [0.4, 0.5) is 11.4 Å². The van der Waals surface area contributed by atoms with Crippen molar-refractivity contribution in [2.24, 2.45) is 23.2 Å². The van der Waals surface area contributed by atoms with Crippen molar-refractivity contribution in [3.05, 3.63) is 107 Å². The van der Waals surface area contributed by atoms with Crippen LogP contribution in [0.2, 0.25) is 0 Å². The van der Waals surface area contributed by atoms with Crippen LogP contribution in [0.3, 0.4) is 0 Å². The number of nitrogens with one attached hydrogen (secondary N) is 3. The lowest BCUT2D eigenvalue weighted by molar-refractivity contribution is -0.118. The minimum atomic E-state index is -1.37. The minimum Gasteiger partial charge on any atom is -0.478 e. The zero-order chi connectivity index (χ0) is 35.9. The molecule has 8 rings (SSSR count). The first-order valence-electron chi connectivity index (χ1n) is 17.3. The van der Waals surface area contributed by atoms with Gasteiger partial charge in [0.1, 0.15) is 6.04 Å². The van der Waals surface area contributed by atoms with Gasteiger partial charge in [-0.2, -0.15) is 0 Å². The van der Waals surface area contributed by atoms with Gasteiger partial charge in [-0.05, 0) is 109 Å². The molecular weight excluding hydrogens is 648 g/mol. The third-order valence-electron chi connectivity index (χ3n) is 10.9. The Morgan fingerprint density at radius 3 is 1.96 bits per heavy atom. The van der Waals surface area contributed by atoms with Crippen LogP contribution in [-0.2, 0) is 11.2 Å². The molecule has 4 fully saturated rings. The maximum Gasteiger partial charge on any atom is 0.335 e. The summed E-state index contributed by atoms with van der Waals surface area (Å²) in [5, 5.41) is 28.9. The quantitative estimate of drug-likeness (QED) is 0.108. The second-order valence-electron chi connectivity index (χ2n) is 14.7. The molecule has 4 saturated carbocycles. The molecule has 0 heterocycles. The zero-order valence-corrected chi connectivity index (χ0v) is 28.0. The average molecular weight is 689 g/mol. The number of carboxylic acids is 2. The summed E-state index contributed by atoms with van der Waals surface area (Å²) in [6.07, 6.45) is 7.24. The molecule has 11 heteroatoms. The number of aromatic carboxylic acids is 2. The van der Waals surface area contributed by atoms with Crippen LogP contribution >= 0.6 is 0 Å². The first-order valence-corrected chi connectivity index (χ1v) is 17.3. The topological polar surface area (TPSA) is 188 Å². The fourth-order valence-corrected chi connectivity index (χ4v) is 9.07. The van der Waals surface area contributed by atoms with Crippen LogP contribution < -0.4 is 21.7 Å². The minimum absolute atomic E-state index is 0.0477. The molecule has 4 bridgehead atoms. The molecule has 0 aliphatic heterocycles. The molecule has 4 aromatic rings. The number of nitrogens with two attached hydrogens (primary N) is 1. The van der Waals surface area contributed by atoms with E-state index in [1.54, 1.807) is 48.5 Å². The van der Waals surface area contributed by atoms with Gasteiger partial charge in [0, 0.05) is 29.7 Å². The van der Waals surface area contributed by atoms with Crippen molar-refractivity contribution in [3.63, 3.8) is 0 Å². The Bertz CT molecular complexity index is 1990. The highest BCUT2D eigenvalue weighted by molar-refractivity contribution is 6.13. The highest BCUT2D eigenvalue weighted by Crippen LogP contribution is 2.59. The Morgan fingerprint density at radius 2 is 1.35 bits per heavy atom. The molecule has 4 aromatic carbocycles. The second-order valence-corrected chi connectivity index (χ2v) is 14.7. The van der Waals surface area contributed by atoms with E-state index in [9.17, 15) is 34.2 Å². The summed E-state index contributed by atoms with van der Waals surface area (Å²) in [6, 6.07) is 19.6. The molecule has 262 valence electrons. The lowest BCUT2D eigenvalue weighted by atomic mass is 9.49. The van der Waals surface area contributed by atoms with E-state index in [0.29, 0.717) is 40.8 Å². The Balaban J connectivity index is 1.18. The lowest BCUT2D eigenvalue weighted by Crippen LogP contribution is -2.51. The number of carboxylic acid groups (broad SMARTS) is 2. The number of nitrogen functional groups attached to an aromatic ring is 1. The molecule has 1 atom stereocenters. The number of amides is 3. The first-order chi connectivity index (χ1) is 24.4. The van der Waals surface area contributed by atoms with E-state index in [-0.39, 0.29) is 45.7 Å².